The van der Waals surface area contributed by atoms with Crippen molar-refractivity contribution in [2.24, 2.45) is 0 Å². The third kappa shape index (κ3) is 3.58. The maximum Gasteiger partial charge on any atom is 0.120 e. The highest BCUT2D eigenvalue weighted by Crippen LogP contribution is 2.14. The van der Waals surface area contributed by atoms with Gasteiger partial charge in [-0.2, -0.15) is 0 Å². The van der Waals surface area contributed by atoms with Crippen LogP contribution in [0.3, 0.4) is 0 Å². The van der Waals surface area contributed by atoms with Crippen molar-refractivity contribution in [1.82, 2.24) is 10.2 Å². The van der Waals surface area contributed by atoms with Crippen molar-refractivity contribution < 1.29 is 4.42 Å². The van der Waals surface area contributed by atoms with Crippen molar-refractivity contribution in [3.63, 3.8) is 0 Å². The Morgan fingerprint density at radius 3 is 2.71 bits per heavy atom. The molecule has 1 aliphatic rings. The van der Waals surface area contributed by atoms with Crippen molar-refractivity contribution >= 4 is 0 Å². The summed E-state index contributed by atoms with van der Waals surface area (Å²) in [5.74, 6) is 1.02. The lowest BCUT2D eigenvalue weighted by Crippen LogP contribution is -2.43. The molecule has 2 unspecified atom stereocenters. The van der Waals surface area contributed by atoms with E-state index in [2.05, 4.69) is 24.1 Å². The molecular weight excluding hydrogens is 212 g/mol. The molecule has 2 rings (SSSR count). The zero-order valence-electron chi connectivity index (χ0n) is 11.0. The summed E-state index contributed by atoms with van der Waals surface area (Å²) in [6.45, 7) is 8.02. The average Bonchev–Trinajstić information content (AvgIpc) is 2.90. The first-order chi connectivity index (χ1) is 8.27. The molecule has 3 heteroatoms. The Kier molecular flexibility index (Phi) is 4.63. The fourth-order valence-electron chi connectivity index (χ4n) is 2.47. The predicted molar refractivity (Wildman–Crippen MR) is 70.0 cm³/mol. The SMILES string of the molecule is CC(NCC(C)N1CCCCC1)c1ccco1. The smallest absolute Gasteiger partial charge is 0.120 e. The van der Waals surface area contributed by atoms with E-state index in [1.165, 1.54) is 32.4 Å². The topological polar surface area (TPSA) is 28.4 Å². The number of hydrogen-bond donors (Lipinski definition) is 1. The lowest BCUT2D eigenvalue weighted by molar-refractivity contribution is 0.167. The van der Waals surface area contributed by atoms with E-state index >= 15 is 0 Å². The normalized spacial score (nSPS) is 21.3. The van der Waals surface area contributed by atoms with Crippen LogP contribution in [0.5, 0.6) is 0 Å². The van der Waals surface area contributed by atoms with Crippen LogP contribution in [-0.4, -0.2) is 30.6 Å². The van der Waals surface area contributed by atoms with Gasteiger partial charge >= 0.3 is 0 Å². The first-order valence-electron chi connectivity index (χ1n) is 6.78. The van der Waals surface area contributed by atoms with Gasteiger partial charge in [0.25, 0.3) is 0 Å². The molecule has 1 aromatic rings. The maximum atomic E-state index is 5.40. The lowest BCUT2D eigenvalue weighted by atomic mass is 10.1. The van der Waals surface area contributed by atoms with E-state index in [0.717, 1.165) is 12.3 Å². The fraction of sp³-hybridized carbons (Fsp3) is 0.714. The molecule has 1 aliphatic heterocycles. The van der Waals surface area contributed by atoms with Crippen molar-refractivity contribution in [3.8, 4) is 0 Å². The van der Waals surface area contributed by atoms with Crippen molar-refractivity contribution in [2.45, 2.75) is 45.2 Å². The number of hydrogen-bond acceptors (Lipinski definition) is 3. The molecule has 2 heterocycles. The van der Waals surface area contributed by atoms with Crippen LogP contribution < -0.4 is 5.32 Å². The van der Waals surface area contributed by atoms with Crippen LogP contribution >= 0.6 is 0 Å². The second-order valence-corrected chi connectivity index (χ2v) is 5.09. The molecule has 1 fully saturated rings. The van der Waals surface area contributed by atoms with Crippen molar-refractivity contribution in [2.75, 3.05) is 19.6 Å². The van der Waals surface area contributed by atoms with E-state index in [0.29, 0.717) is 12.1 Å². The van der Waals surface area contributed by atoms with E-state index < -0.39 is 0 Å². The molecule has 2 atom stereocenters. The molecule has 0 radical (unpaired) electrons. The standard InChI is InChI=1S/C14H24N2O/c1-12(16-8-4-3-5-9-16)11-15-13(2)14-7-6-10-17-14/h6-7,10,12-13,15H,3-5,8-9,11H2,1-2H3. The van der Waals surface area contributed by atoms with E-state index in [4.69, 9.17) is 4.42 Å². The van der Waals surface area contributed by atoms with Gasteiger partial charge in [-0.3, -0.25) is 4.90 Å². The Labute approximate surface area is 104 Å². The minimum Gasteiger partial charge on any atom is -0.468 e. The highest BCUT2D eigenvalue weighted by atomic mass is 16.3. The Balaban J connectivity index is 1.73. The molecule has 1 saturated heterocycles. The van der Waals surface area contributed by atoms with Crippen LogP contribution in [0.4, 0.5) is 0 Å². The van der Waals surface area contributed by atoms with E-state index in [1.54, 1.807) is 6.26 Å². The largest absolute Gasteiger partial charge is 0.468 e. The minimum absolute atomic E-state index is 0.303. The molecule has 3 nitrogen and oxygen atoms in total. The lowest BCUT2D eigenvalue weighted by Gasteiger charge is -2.33. The van der Waals surface area contributed by atoms with Gasteiger partial charge in [-0.15, -0.1) is 0 Å². The molecule has 0 amide bonds. The molecule has 1 aromatic heterocycles. The number of piperidine rings is 1. The van der Waals surface area contributed by atoms with Crippen LogP contribution in [0.2, 0.25) is 0 Å². The van der Waals surface area contributed by atoms with Gasteiger partial charge < -0.3 is 9.73 Å². The number of likely N-dealkylation sites (tertiary alicyclic amines) is 1. The minimum atomic E-state index is 0.303. The molecule has 0 aromatic carbocycles. The Bertz CT molecular complexity index is 304. The van der Waals surface area contributed by atoms with E-state index in [9.17, 15) is 0 Å². The average molecular weight is 236 g/mol. The summed E-state index contributed by atoms with van der Waals surface area (Å²) in [6.07, 6.45) is 5.86. The molecule has 0 bridgehead atoms. The van der Waals surface area contributed by atoms with Crippen LogP contribution in [-0.2, 0) is 0 Å². The molecule has 0 aliphatic carbocycles. The highest BCUT2D eigenvalue weighted by Gasteiger charge is 2.17. The van der Waals surface area contributed by atoms with Gasteiger partial charge in [0.1, 0.15) is 5.76 Å². The maximum absolute atomic E-state index is 5.40. The highest BCUT2D eigenvalue weighted by molar-refractivity contribution is 5.02. The van der Waals surface area contributed by atoms with Gasteiger partial charge in [0, 0.05) is 12.6 Å². The van der Waals surface area contributed by atoms with E-state index in [-0.39, 0.29) is 0 Å². The molecular formula is C14H24N2O. The Hall–Kier alpha value is -0.800. The molecule has 17 heavy (non-hydrogen) atoms. The number of furan rings is 1. The Morgan fingerprint density at radius 1 is 1.29 bits per heavy atom. The molecule has 0 saturated carbocycles. The van der Waals surface area contributed by atoms with Gasteiger partial charge in [-0.05, 0) is 51.9 Å². The van der Waals surface area contributed by atoms with Crippen molar-refractivity contribution in [1.29, 1.82) is 0 Å². The molecule has 1 N–H and O–H groups in total. The molecule has 0 spiro atoms. The second kappa shape index (κ2) is 6.22. The summed E-state index contributed by atoms with van der Waals surface area (Å²) in [6, 6.07) is 4.90. The summed E-state index contributed by atoms with van der Waals surface area (Å²) in [5.41, 5.74) is 0. The van der Waals surface area contributed by atoms with Gasteiger partial charge in [-0.1, -0.05) is 6.42 Å². The summed E-state index contributed by atoms with van der Waals surface area (Å²) in [7, 11) is 0. The second-order valence-electron chi connectivity index (χ2n) is 5.09. The number of rotatable bonds is 5. The van der Waals surface area contributed by atoms with E-state index in [1.807, 2.05) is 12.1 Å². The first-order valence-corrected chi connectivity index (χ1v) is 6.78. The zero-order chi connectivity index (χ0) is 12.1. The van der Waals surface area contributed by atoms with Gasteiger partial charge in [0.2, 0.25) is 0 Å². The zero-order valence-corrected chi connectivity index (χ0v) is 11.0. The summed E-state index contributed by atoms with van der Waals surface area (Å²) < 4.78 is 5.40. The number of nitrogens with one attached hydrogen (secondary N) is 1. The monoisotopic (exact) mass is 236 g/mol. The summed E-state index contributed by atoms with van der Waals surface area (Å²) in [5, 5.41) is 3.55. The van der Waals surface area contributed by atoms with Gasteiger partial charge in [0.05, 0.1) is 12.3 Å². The van der Waals surface area contributed by atoms with Gasteiger partial charge in [0.15, 0.2) is 0 Å². The quantitative estimate of drug-likeness (QED) is 0.852. The van der Waals surface area contributed by atoms with Crippen LogP contribution in [0.25, 0.3) is 0 Å². The third-order valence-electron chi connectivity index (χ3n) is 3.70. The van der Waals surface area contributed by atoms with Crippen LogP contribution in [0.15, 0.2) is 22.8 Å². The van der Waals surface area contributed by atoms with Crippen molar-refractivity contribution in [3.05, 3.63) is 24.2 Å². The van der Waals surface area contributed by atoms with Crippen LogP contribution in [0, 0.1) is 0 Å². The predicted octanol–water partition coefficient (Wildman–Crippen LogP) is 2.80. The summed E-state index contributed by atoms with van der Waals surface area (Å²) >= 11 is 0. The first kappa shape index (κ1) is 12.7. The number of nitrogens with zero attached hydrogens (tertiary/aromatic N) is 1. The molecule has 96 valence electrons. The van der Waals surface area contributed by atoms with Crippen LogP contribution in [0.1, 0.15) is 44.9 Å². The third-order valence-corrected chi connectivity index (χ3v) is 3.70. The fourth-order valence-corrected chi connectivity index (χ4v) is 2.47. The summed E-state index contributed by atoms with van der Waals surface area (Å²) in [4.78, 5) is 2.59. The Morgan fingerprint density at radius 2 is 2.06 bits per heavy atom. The van der Waals surface area contributed by atoms with Gasteiger partial charge in [-0.25, -0.2) is 0 Å².